The highest BCUT2D eigenvalue weighted by atomic mass is 16.5. The van der Waals surface area contributed by atoms with E-state index in [1.165, 1.54) is 37.7 Å². The lowest BCUT2D eigenvalue weighted by molar-refractivity contribution is 0.153. The van der Waals surface area contributed by atoms with E-state index in [4.69, 9.17) is 4.74 Å². The van der Waals surface area contributed by atoms with E-state index in [1.807, 2.05) is 7.05 Å². The molecule has 0 radical (unpaired) electrons. The summed E-state index contributed by atoms with van der Waals surface area (Å²) in [4.78, 5) is 4.29. The highest BCUT2D eigenvalue weighted by Crippen LogP contribution is 2.26. The predicted molar refractivity (Wildman–Crippen MR) is 84.1 cm³/mol. The molecule has 0 amide bonds. The molecule has 1 heterocycles. The lowest BCUT2D eigenvalue weighted by atomic mass is 10.0. The van der Waals surface area contributed by atoms with Crippen molar-refractivity contribution in [3.05, 3.63) is 11.6 Å². The van der Waals surface area contributed by atoms with Crippen LogP contribution in [0.4, 0.5) is 0 Å². The molecule has 1 saturated carbocycles. The highest BCUT2D eigenvalue weighted by Gasteiger charge is 2.14. The zero-order chi connectivity index (χ0) is 14.0. The van der Waals surface area contributed by atoms with Gasteiger partial charge in [0, 0.05) is 20.1 Å². The second-order valence-corrected chi connectivity index (χ2v) is 5.80. The lowest BCUT2D eigenvalue weighted by Gasteiger charge is -2.16. The maximum Gasteiger partial charge on any atom is 0.190 e. The fraction of sp³-hybridized carbons (Fsp3) is 0.812. The molecule has 1 fully saturated rings. The van der Waals surface area contributed by atoms with Gasteiger partial charge in [0.15, 0.2) is 5.96 Å². The van der Waals surface area contributed by atoms with Gasteiger partial charge in [-0.05, 0) is 25.2 Å². The molecule has 1 aliphatic carbocycles. The standard InChI is InChI=1S/C16H29N3O/c1-17-16(18-10-6-14-4-2-3-5-14)19-11-7-15-8-12-20-13-9-15/h8,14H,2-7,9-13H2,1H3,(H2,17,18,19). The summed E-state index contributed by atoms with van der Waals surface area (Å²) in [5, 5.41) is 6.83. The minimum Gasteiger partial charge on any atom is -0.377 e. The van der Waals surface area contributed by atoms with E-state index in [0.29, 0.717) is 0 Å². The van der Waals surface area contributed by atoms with Gasteiger partial charge in [0.2, 0.25) is 0 Å². The molecule has 4 nitrogen and oxygen atoms in total. The van der Waals surface area contributed by atoms with Crippen LogP contribution in [0.1, 0.15) is 44.9 Å². The molecule has 0 aromatic rings. The number of hydrogen-bond acceptors (Lipinski definition) is 2. The fourth-order valence-corrected chi connectivity index (χ4v) is 3.05. The predicted octanol–water partition coefficient (Wildman–Crippen LogP) is 2.47. The van der Waals surface area contributed by atoms with Crippen LogP contribution in [0.5, 0.6) is 0 Å². The largest absolute Gasteiger partial charge is 0.377 e. The fourth-order valence-electron chi connectivity index (χ4n) is 3.05. The number of ether oxygens (including phenoxy) is 1. The number of guanidine groups is 1. The number of rotatable bonds is 6. The van der Waals surface area contributed by atoms with Gasteiger partial charge in [-0.2, -0.15) is 0 Å². The van der Waals surface area contributed by atoms with E-state index in [2.05, 4.69) is 21.7 Å². The molecular formula is C16H29N3O. The minimum atomic E-state index is 0.781. The summed E-state index contributed by atoms with van der Waals surface area (Å²) < 4.78 is 5.32. The molecule has 4 heteroatoms. The minimum absolute atomic E-state index is 0.781. The van der Waals surface area contributed by atoms with Gasteiger partial charge in [0.05, 0.1) is 13.2 Å². The number of nitrogens with zero attached hydrogens (tertiary/aromatic N) is 1. The molecule has 1 aliphatic heterocycles. The first-order valence-electron chi connectivity index (χ1n) is 8.08. The third-order valence-electron chi connectivity index (χ3n) is 4.34. The zero-order valence-electron chi connectivity index (χ0n) is 12.8. The van der Waals surface area contributed by atoms with Crippen molar-refractivity contribution in [2.75, 3.05) is 33.4 Å². The molecule has 0 aromatic carbocycles. The number of hydrogen-bond donors (Lipinski definition) is 2. The molecule has 0 bridgehead atoms. The summed E-state index contributed by atoms with van der Waals surface area (Å²) in [5.74, 6) is 1.88. The van der Waals surface area contributed by atoms with Crippen LogP contribution in [0.3, 0.4) is 0 Å². The van der Waals surface area contributed by atoms with Crippen LogP contribution in [-0.2, 0) is 4.74 Å². The monoisotopic (exact) mass is 279 g/mol. The van der Waals surface area contributed by atoms with Gasteiger partial charge >= 0.3 is 0 Å². The molecule has 0 unspecified atom stereocenters. The first-order chi connectivity index (χ1) is 9.88. The average molecular weight is 279 g/mol. The van der Waals surface area contributed by atoms with Crippen molar-refractivity contribution in [3.8, 4) is 0 Å². The van der Waals surface area contributed by atoms with Crippen LogP contribution in [0.2, 0.25) is 0 Å². The summed E-state index contributed by atoms with van der Waals surface area (Å²) in [5.41, 5.74) is 1.50. The van der Waals surface area contributed by atoms with Crippen molar-refractivity contribution >= 4 is 5.96 Å². The first-order valence-corrected chi connectivity index (χ1v) is 8.08. The van der Waals surface area contributed by atoms with Crippen LogP contribution in [-0.4, -0.2) is 39.3 Å². The Bertz CT molecular complexity index is 333. The van der Waals surface area contributed by atoms with E-state index in [-0.39, 0.29) is 0 Å². The van der Waals surface area contributed by atoms with Gasteiger partial charge in [-0.3, -0.25) is 4.99 Å². The van der Waals surface area contributed by atoms with Gasteiger partial charge < -0.3 is 15.4 Å². The molecule has 2 rings (SSSR count). The Labute approximate surface area is 123 Å². The Morgan fingerprint density at radius 3 is 2.80 bits per heavy atom. The van der Waals surface area contributed by atoms with E-state index < -0.39 is 0 Å². The van der Waals surface area contributed by atoms with Crippen LogP contribution in [0, 0.1) is 5.92 Å². The first kappa shape index (κ1) is 15.4. The van der Waals surface area contributed by atoms with Crippen molar-refractivity contribution in [2.24, 2.45) is 10.9 Å². The van der Waals surface area contributed by atoms with Crippen molar-refractivity contribution in [3.63, 3.8) is 0 Å². The van der Waals surface area contributed by atoms with Crippen molar-refractivity contribution in [1.82, 2.24) is 10.6 Å². The zero-order valence-corrected chi connectivity index (χ0v) is 12.8. The molecule has 20 heavy (non-hydrogen) atoms. The maximum absolute atomic E-state index is 5.32. The smallest absolute Gasteiger partial charge is 0.190 e. The van der Waals surface area contributed by atoms with E-state index in [9.17, 15) is 0 Å². The van der Waals surface area contributed by atoms with Crippen LogP contribution < -0.4 is 10.6 Å². The number of nitrogens with one attached hydrogen (secondary N) is 2. The van der Waals surface area contributed by atoms with Gasteiger partial charge in [-0.25, -0.2) is 0 Å². The highest BCUT2D eigenvalue weighted by molar-refractivity contribution is 5.79. The topological polar surface area (TPSA) is 45.7 Å². The van der Waals surface area contributed by atoms with Gasteiger partial charge in [-0.1, -0.05) is 37.3 Å². The van der Waals surface area contributed by atoms with E-state index in [0.717, 1.165) is 51.0 Å². The Morgan fingerprint density at radius 1 is 1.30 bits per heavy atom. The Balaban J connectivity index is 1.56. The van der Waals surface area contributed by atoms with E-state index in [1.54, 1.807) is 0 Å². The van der Waals surface area contributed by atoms with Crippen LogP contribution in [0.25, 0.3) is 0 Å². The average Bonchev–Trinajstić information content (AvgIpc) is 3.00. The third kappa shape index (κ3) is 5.53. The van der Waals surface area contributed by atoms with Gasteiger partial charge in [0.25, 0.3) is 0 Å². The van der Waals surface area contributed by atoms with Crippen molar-refractivity contribution in [2.45, 2.75) is 44.9 Å². The summed E-state index contributed by atoms with van der Waals surface area (Å²) in [6, 6.07) is 0. The lowest BCUT2D eigenvalue weighted by Crippen LogP contribution is -2.38. The normalized spacial score (nSPS) is 20.9. The summed E-state index contributed by atoms with van der Waals surface area (Å²) in [6.45, 7) is 3.65. The molecule has 0 atom stereocenters. The van der Waals surface area contributed by atoms with Crippen LogP contribution >= 0.6 is 0 Å². The SMILES string of the molecule is CN=C(NCCC1=CCOCC1)NCCC1CCCC1. The molecule has 0 spiro atoms. The third-order valence-corrected chi connectivity index (χ3v) is 4.34. The molecular weight excluding hydrogens is 250 g/mol. The molecule has 0 aromatic heterocycles. The molecule has 0 saturated heterocycles. The van der Waals surface area contributed by atoms with Crippen molar-refractivity contribution in [1.29, 1.82) is 0 Å². The summed E-state index contributed by atoms with van der Waals surface area (Å²) >= 11 is 0. The molecule has 2 N–H and O–H groups in total. The molecule has 114 valence electrons. The Hall–Kier alpha value is -1.03. The maximum atomic E-state index is 5.32. The Morgan fingerprint density at radius 2 is 2.10 bits per heavy atom. The van der Waals surface area contributed by atoms with Crippen molar-refractivity contribution < 1.29 is 4.74 Å². The van der Waals surface area contributed by atoms with Crippen LogP contribution in [0.15, 0.2) is 16.6 Å². The quantitative estimate of drug-likeness (QED) is 0.446. The summed E-state index contributed by atoms with van der Waals surface area (Å²) in [6.07, 6.45) is 11.4. The Kier molecular flexibility index (Phi) is 6.92. The van der Waals surface area contributed by atoms with Gasteiger partial charge in [0.1, 0.15) is 0 Å². The second-order valence-electron chi connectivity index (χ2n) is 5.80. The van der Waals surface area contributed by atoms with E-state index >= 15 is 0 Å². The summed E-state index contributed by atoms with van der Waals surface area (Å²) in [7, 11) is 1.85. The number of aliphatic imine (C=N–C) groups is 1. The second kappa shape index (κ2) is 9.01. The molecule has 2 aliphatic rings. The van der Waals surface area contributed by atoms with Gasteiger partial charge in [-0.15, -0.1) is 0 Å².